The Morgan fingerprint density at radius 3 is 2.79 bits per heavy atom. The molecule has 2 fully saturated rings. The van der Waals surface area contributed by atoms with E-state index < -0.39 is 0 Å². The number of halogens is 1. The van der Waals surface area contributed by atoms with Gasteiger partial charge >= 0.3 is 6.01 Å². The van der Waals surface area contributed by atoms with Crippen LogP contribution in [0.5, 0.6) is 6.01 Å². The molecule has 2 atom stereocenters. The van der Waals surface area contributed by atoms with E-state index in [1.807, 2.05) is 17.0 Å². The standard InChI is InChI=1S/C25H25ClN6O/c1-33-25-28-20-13-31(21-7-3-5-16-4-2-6-19(26)23(16)21)10-9-18(20)24(29-25)32-11-8-17-12-30(15-27)14-22(17)32/h2-7,17,22H,8-14H2,1H3. The van der Waals surface area contributed by atoms with Crippen molar-refractivity contribution in [1.82, 2.24) is 14.9 Å². The zero-order valence-corrected chi connectivity index (χ0v) is 19.3. The lowest BCUT2D eigenvalue weighted by Crippen LogP contribution is -2.38. The topological polar surface area (TPSA) is 68.5 Å². The number of benzene rings is 2. The van der Waals surface area contributed by atoms with Gasteiger partial charge in [0.2, 0.25) is 0 Å². The van der Waals surface area contributed by atoms with E-state index in [-0.39, 0.29) is 0 Å². The summed E-state index contributed by atoms with van der Waals surface area (Å²) in [6, 6.07) is 13.1. The average Bonchev–Trinajstić information content (AvgIpc) is 3.43. The number of aromatic nitrogens is 2. The number of rotatable bonds is 3. The van der Waals surface area contributed by atoms with E-state index >= 15 is 0 Å². The van der Waals surface area contributed by atoms with Gasteiger partial charge in [0.25, 0.3) is 0 Å². The SMILES string of the molecule is COc1nc2c(c(N3CCC4CN(C#N)CC43)n1)CCN(c1cccc3cccc(Cl)c13)C2. The smallest absolute Gasteiger partial charge is 0.318 e. The van der Waals surface area contributed by atoms with Gasteiger partial charge in [-0.05, 0) is 30.4 Å². The number of methoxy groups -OCH3 is 1. The molecule has 33 heavy (non-hydrogen) atoms. The van der Waals surface area contributed by atoms with Crippen LogP contribution in [0.1, 0.15) is 17.7 Å². The summed E-state index contributed by atoms with van der Waals surface area (Å²) < 4.78 is 5.51. The molecule has 4 heterocycles. The van der Waals surface area contributed by atoms with Crippen LogP contribution in [0, 0.1) is 17.4 Å². The van der Waals surface area contributed by atoms with Crippen molar-refractivity contribution in [2.75, 3.05) is 43.1 Å². The van der Waals surface area contributed by atoms with E-state index in [4.69, 9.17) is 26.3 Å². The van der Waals surface area contributed by atoms with Gasteiger partial charge in [-0.15, -0.1) is 0 Å². The number of likely N-dealkylation sites (tertiary alicyclic amines) is 1. The monoisotopic (exact) mass is 460 g/mol. The summed E-state index contributed by atoms with van der Waals surface area (Å²) in [5, 5.41) is 12.4. The highest BCUT2D eigenvalue weighted by Gasteiger charge is 2.43. The van der Waals surface area contributed by atoms with Crippen LogP contribution in [0.3, 0.4) is 0 Å². The first-order chi connectivity index (χ1) is 16.2. The Morgan fingerprint density at radius 1 is 1.12 bits per heavy atom. The van der Waals surface area contributed by atoms with E-state index in [1.54, 1.807) is 7.11 Å². The van der Waals surface area contributed by atoms with Gasteiger partial charge in [0.05, 0.1) is 30.4 Å². The second-order valence-electron chi connectivity index (χ2n) is 9.06. The van der Waals surface area contributed by atoms with Crippen molar-refractivity contribution in [3.05, 3.63) is 52.7 Å². The first kappa shape index (κ1) is 20.4. The third-order valence-corrected chi connectivity index (χ3v) is 7.65. The summed E-state index contributed by atoms with van der Waals surface area (Å²) in [6.45, 7) is 4.12. The van der Waals surface area contributed by atoms with Crippen LogP contribution in [-0.4, -0.2) is 54.2 Å². The number of ether oxygens (including phenoxy) is 1. The zero-order chi connectivity index (χ0) is 22.5. The predicted octanol–water partition coefficient (Wildman–Crippen LogP) is 3.85. The van der Waals surface area contributed by atoms with Crippen molar-refractivity contribution < 1.29 is 4.74 Å². The molecule has 2 aromatic carbocycles. The Kier molecular flexibility index (Phi) is 4.92. The highest BCUT2D eigenvalue weighted by atomic mass is 35.5. The molecule has 0 amide bonds. The second-order valence-corrected chi connectivity index (χ2v) is 9.47. The van der Waals surface area contributed by atoms with Gasteiger partial charge < -0.3 is 19.4 Å². The molecule has 168 valence electrons. The van der Waals surface area contributed by atoms with Crippen molar-refractivity contribution in [3.8, 4) is 12.2 Å². The van der Waals surface area contributed by atoms with Gasteiger partial charge in [-0.1, -0.05) is 35.9 Å². The first-order valence-corrected chi connectivity index (χ1v) is 11.8. The quantitative estimate of drug-likeness (QED) is 0.550. The Morgan fingerprint density at radius 2 is 1.97 bits per heavy atom. The van der Waals surface area contributed by atoms with E-state index in [2.05, 4.69) is 40.3 Å². The highest BCUT2D eigenvalue weighted by Crippen LogP contribution is 2.40. The first-order valence-electron chi connectivity index (χ1n) is 11.4. The largest absolute Gasteiger partial charge is 0.467 e. The second kappa shape index (κ2) is 7.96. The average molecular weight is 461 g/mol. The molecule has 0 N–H and O–H groups in total. The molecule has 0 saturated carbocycles. The Labute approximate surface area is 198 Å². The molecule has 2 unspecified atom stereocenters. The van der Waals surface area contributed by atoms with Crippen LogP contribution in [-0.2, 0) is 13.0 Å². The lowest BCUT2D eigenvalue weighted by molar-refractivity contribution is 0.376. The fourth-order valence-corrected chi connectivity index (χ4v) is 6.05. The van der Waals surface area contributed by atoms with Gasteiger partial charge in [-0.3, -0.25) is 0 Å². The molecule has 0 spiro atoms. The lowest BCUT2D eigenvalue weighted by atomic mass is 10.0. The normalized spacial score (nSPS) is 21.8. The molecule has 3 aliphatic rings. The predicted molar refractivity (Wildman–Crippen MR) is 129 cm³/mol. The van der Waals surface area contributed by atoms with Crippen LogP contribution in [0.25, 0.3) is 10.8 Å². The molecule has 8 heteroatoms. The molecule has 3 aliphatic heterocycles. The van der Waals surface area contributed by atoms with E-state index in [0.717, 1.165) is 72.0 Å². The minimum atomic E-state index is 0.322. The Hall–Kier alpha value is -3.24. The molecular formula is C25H25ClN6O. The van der Waals surface area contributed by atoms with Gasteiger partial charge in [-0.2, -0.15) is 15.2 Å². The number of anilines is 2. The number of hydrogen-bond donors (Lipinski definition) is 0. The van der Waals surface area contributed by atoms with E-state index in [9.17, 15) is 5.26 Å². The maximum absolute atomic E-state index is 9.38. The maximum Gasteiger partial charge on any atom is 0.318 e. The Balaban J connectivity index is 1.38. The van der Waals surface area contributed by atoms with Crippen molar-refractivity contribution in [2.45, 2.75) is 25.4 Å². The molecule has 7 nitrogen and oxygen atoms in total. The summed E-state index contributed by atoms with van der Waals surface area (Å²) in [6.07, 6.45) is 4.26. The summed E-state index contributed by atoms with van der Waals surface area (Å²) in [4.78, 5) is 16.2. The van der Waals surface area contributed by atoms with Crippen molar-refractivity contribution >= 4 is 33.9 Å². The van der Waals surface area contributed by atoms with Gasteiger partial charge in [-0.25, -0.2) is 0 Å². The van der Waals surface area contributed by atoms with Crippen LogP contribution in [0.4, 0.5) is 11.5 Å². The molecule has 1 aromatic heterocycles. The fourth-order valence-electron chi connectivity index (χ4n) is 5.77. The zero-order valence-electron chi connectivity index (χ0n) is 18.5. The van der Waals surface area contributed by atoms with E-state index in [1.165, 1.54) is 5.56 Å². The number of hydrogen-bond acceptors (Lipinski definition) is 7. The summed E-state index contributed by atoms with van der Waals surface area (Å²) in [5.41, 5.74) is 3.34. The third kappa shape index (κ3) is 3.32. The van der Waals surface area contributed by atoms with Crippen molar-refractivity contribution in [1.29, 1.82) is 5.26 Å². The molecule has 0 aliphatic carbocycles. The molecule has 3 aromatic rings. The molecule has 6 rings (SSSR count). The van der Waals surface area contributed by atoms with Gasteiger partial charge in [0.15, 0.2) is 6.19 Å². The molecule has 2 saturated heterocycles. The summed E-state index contributed by atoms with van der Waals surface area (Å²) >= 11 is 6.61. The van der Waals surface area contributed by atoms with Crippen LogP contribution in [0.15, 0.2) is 36.4 Å². The number of fused-ring (bicyclic) bond motifs is 3. The van der Waals surface area contributed by atoms with Crippen LogP contribution >= 0.6 is 11.6 Å². The summed E-state index contributed by atoms with van der Waals surface area (Å²) in [7, 11) is 1.62. The van der Waals surface area contributed by atoms with Gasteiger partial charge in [0.1, 0.15) is 5.82 Å². The lowest BCUT2D eigenvalue weighted by Gasteiger charge is -2.34. The molecule has 0 radical (unpaired) electrons. The number of nitriles is 1. The van der Waals surface area contributed by atoms with Crippen molar-refractivity contribution in [3.63, 3.8) is 0 Å². The van der Waals surface area contributed by atoms with E-state index in [0.29, 0.717) is 24.5 Å². The Bertz CT molecular complexity index is 1270. The van der Waals surface area contributed by atoms with Gasteiger partial charge in [0, 0.05) is 48.7 Å². The van der Waals surface area contributed by atoms with Crippen molar-refractivity contribution in [2.24, 2.45) is 5.92 Å². The minimum Gasteiger partial charge on any atom is -0.467 e. The maximum atomic E-state index is 9.38. The molecule has 0 bridgehead atoms. The molecular weight excluding hydrogens is 436 g/mol. The minimum absolute atomic E-state index is 0.322. The van der Waals surface area contributed by atoms with Crippen LogP contribution in [0.2, 0.25) is 5.02 Å². The highest BCUT2D eigenvalue weighted by molar-refractivity contribution is 6.36. The third-order valence-electron chi connectivity index (χ3n) is 7.34. The van der Waals surface area contributed by atoms with Crippen LogP contribution < -0.4 is 14.5 Å². The number of nitrogens with zero attached hydrogens (tertiary/aromatic N) is 6. The fraction of sp³-hybridized carbons (Fsp3) is 0.400. The summed E-state index contributed by atoms with van der Waals surface area (Å²) in [5.74, 6) is 1.50.